The van der Waals surface area contributed by atoms with Crippen molar-refractivity contribution >= 4 is 17.5 Å². The smallest absolute Gasteiger partial charge is 0.237 e. The number of aromatic nitrogens is 3. The highest BCUT2D eigenvalue weighted by Gasteiger charge is 2.30. The topological polar surface area (TPSA) is 83.0 Å². The van der Waals surface area contributed by atoms with Crippen LogP contribution in [0.25, 0.3) is 11.4 Å². The lowest BCUT2D eigenvalue weighted by atomic mass is 10.1. The van der Waals surface area contributed by atoms with Crippen LogP contribution in [0.3, 0.4) is 0 Å². The van der Waals surface area contributed by atoms with Gasteiger partial charge < -0.3 is 10.6 Å². The van der Waals surface area contributed by atoms with Gasteiger partial charge in [-0.3, -0.25) is 9.69 Å². The Morgan fingerprint density at radius 2 is 1.90 bits per heavy atom. The zero-order valence-corrected chi connectivity index (χ0v) is 17.4. The number of carbonyl (C=O) groups excluding carboxylic acids is 1. The minimum Gasteiger partial charge on any atom is -0.355 e. The highest BCUT2D eigenvalue weighted by atomic mass is 16.2. The summed E-state index contributed by atoms with van der Waals surface area (Å²) in [4.78, 5) is 28.4. The maximum atomic E-state index is 12.8. The largest absolute Gasteiger partial charge is 0.355 e. The van der Waals surface area contributed by atoms with E-state index in [1.165, 1.54) is 5.56 Å². The number of aryl methyl sites for hydroxylation is 1. The number of hydrogen-bond donors (Lipinski definition) is 2. The van der Waals surface area contributed by atoms with Gasteiger partial charge in [-0.15, -0.1) is 0 Å². The third-order valence-corrected chi connectivity index (χ3v) is 5.93. The molecule has 1 atom stereocenters. The molecule has 0 aliphatic carbocycles. The van der Waals surface area contributed by atoms with E-state index in [0.29, 0.717) is 18.3 Å². The van der Waals surface area contributed by atoms with Crippen LogP contribution >= 0.6 is 0 Å². The van der Waals surface area contributed by atoms with Crippen molar-refractivity contribution in [3.8, 4) is 11.4 Å². The third-order valence-electron chi connectivity index (χ3n) is 5.93. The molecule has 2 aliphatic heterocycles. The predicted molar refractivity (Wildman–Crippen MR) is 120 cm³/mol. The molecule has 7 nitrogen and oxygen atoms in total. The van der Waals surface area contributed by atoms with Crippen molar-refractivity contribution in [1.29, 1.82) is 0 Å². The Morgan fingerprint density at radius 3 is 2.87 bits per heavy atom. The van der Waals surface area contributed by atoms with Crippen LogP contribution in [0, 0.1) is 0 Å². The zero-order chi connectivity index (χ0) is 21.0. The monoisotopic (exact) mass is 414 g/mol. The van der Waals surface area contributed by atoms with Gasteiger partial charge in [0.15, 0.2) is 5.82 Å². The van der Waals surface area contributed by atoms with Crippen molar-refractivity contribution in [2.75, 3.05) is 18.4 Å². The first-order valence-corrected chi connectivity index (χ1v) is 10.9. The number of nitrogens with zero attached hydrogens (tertiary/aromatic N) is 4. The van der Waals surface area contributed by atoms with Crippen LogP contribution in [0.4, 0.5) is 11.6 Å². The van der Waals surface area contributed by atoms with Gasteiger partial charge in [-0.2, -0.15) is 4.98 Å². The standard InChI is InChI=1S/C24H26N6O/c31-23-21-10-4-12-30(21)15-18-6-2-9-20(14-18)28-24-27-16-26-22(29-24)19-8-1-5-17(13-19)7-3-11-25-23/h1-2,5-6,8-9,13-14,16,21H,3-4,7,10-12,15H2,(H,25,31)(H,26,27,28,29)/t21-/m1/s1. The van der Waals surface area contributed by atoms with Crippen LogP contribution in [0.15, 0.2) is 54.9 Å². The fraction of sp³-hybridized carbons (Fsp3) is 0.333. The number of rotatable bonds is 0. The predicted octanol–water partition coefficient (Wildman–Crippen LogP) is 3.31. The van der Waals surface area contributed by atoms with Crippen molar-refractivity contribution in [1.82, 2.24) is 25.2 Å². The van der Waals surface area contributed by atoms with Gasteiger partial charge in [0, 0.05) is 24.3 Å². The quantitative estimate of drug-likeness (QED) is 0.587. The van der Waals surface area contributed by atoms with Crippen LogP contribution in [-0.4, -0.2) is 44.9 Å². The van der Waals surface area contributed by atoms with E-state index in [-0.39, 0.29) is 11.9 Å². The molecule has 2 aliphatic rings. The van der Waals surface area contributed by atoms with E-state index in [1.807, 2.05) is 24.3 Å². The molecular weight excluding hydrogens is 388 g/mol. The average Bonchev–Trinajstić information content (AvgIpc) is 3.25. The minimum absolute atomic E-state index is 0.0510. The maximum Gasteiger partial charge on any atom is 0.237 e. The first-order valence-electron chi connectivity index (χ1n) is 10.9. The van der Waals surface area contributed by atoms with Crippen LogP contribution in [0.5, 0.6) is 0 Å². The number of amides is 1. The summed E-state index contributed by atoms with van der Waals surface area (Å²) in [6.45, 7) is 2.38. The molecule has 0 radical (unpaired) electrons. The second-order valence-electron chi connectivity index (χ2n) is 8.18. The Morgan fingerprint density at radius 1 is 1.00 bits per heavy atom. The highest BCUT2D eigenvalue weighted by molar-refractivity contribution is 5.82. The van der Waals surface area contributed by atoms with E-state index in [1.54, 1.807) is 6.33 Å². The SMILES string of the molecule is O=C1NCCCc2cccc(c2)-c2ncnc(n2)Nc2cccc(c2)CN2CCC[C@H]12. The summed E-state index contributed by atoms with van der Waals surface area (Å²) in [6, 6.07) is 16.4. The van der Waals surface area contributed by atoms with Gasteiger partial charge in [-0.25, -0.2) is 9.97 Å². The molecule has 1 saturated heterocycles. The van der Waals surface area contributed by atoms with Gasteiger partial charge in [0.2, 0.25) is 11.9 Å². The summed E-state index contributed by atoms with van der Waals surface area (Å²) >= 11 is 0. The summed E-state index contributed by atoms with van der Waals surface area (Å²) in [5, 5.41) is 6.46. The summed E-state index contributed by atoms with van der Waals surface area (Å²) < 4.78 is 0. The lowest BCUT2D eigenvalue weighted by molar-refractivity contribution is -0.125. The van der Waals surface area contributed by atoms with Crippen molar-refractivity contribution in [2.24, 2.45) is 0 Å². The number of nitrogens with one attached hydrogen (secondary N) is 2. The molecule has 5 rings (SSSR count). The number of hydrogen-bond acceptors (Lipinski definition) is 6. The molecule has 1 aromatic heterocycles. The molecule has 1 amide bonds. The van der Waals surface area contributed by atoms with Crippen molar-refractivity contribution < 1.29 is 4.79 Å². The summed E-state index contributed by atoms with van der Waals surface area (Å²) in [5.74, 6) is 1.31. The number of benzene rings is 2. The van der Waals surface area contributed by atoms with Gasteiger partial charge in [0.05, 0.1) is 6.04 Å². The molecular formula is C24H26N6O. The molecule has 6 bridgehead atoms. The third kappa shape index (κ3) is 4.56. The van der Waals surface area contributed by atoms with Crippen molar-refractivity contribution in [3.63, 3.8) is 0 Å². The first kappa shape index (κ1) is 19.6. The summed E-state index contributed by atoms with van der Waals surface area (Å²) in [6.07, 6.45) is 5.30. The van der Waals surface area contributed by atoms with Gasteiger partial charge in [0.1, 0.15) is 6.33 Å². The molecule has 3 aromatic rings. The Labute approximate surface area is 181 Å². The molecule has 1 fully saturated rings. The summed E-state index contributed by atoms with van der Waals surface area (Å²) in [7, 11) is 0. The Bertz CT molecular complexity index is 1080. The van der Waals surface area contributed by atoms with Crippen molar-refractivity contribution in [3.05, 3.63) is 66.0 Å². The minimum atomic E-state index is -0.0510. The van der Waals surface area contributed by atoms with Gasteiger partial charge in [-0.05, 0) is 61.6 Å². The second-order valence-corrected chi connectivity index (χ2v) is 8.18. The van der Waals surface area contributed by atoms with Crippen LogP contribution in [0.1, 0.15) is 30.4 Å². The molecule has 31 heavy (non-hydrogen) atoms. The summed E-state index contributed by atoms with van der Waals surface area (Å²) in [5.41, 5.74) is 4.25. The second kappa shape index (κ2) is 8.81. The maximum absolute atomic E-state index is 12.8. The molecule has 0 saturated carbocycles. The van der Waals surface area contributed by atoms with E-state index >= 15 is 0 Å². The van der Waals surface area contributed by atoms with E-state index in [2.05, 4.69) is 54.8 Å². The zero-order valence-electron chi connectivity index (χ0n) is 17.4. The lowest BCUT2D eigenvalue weighted by Gasteiger charge is -2.24. The van der Waals surface area contributed by atoms with E-state index in [9.17, 15) is 4.79 Å². The van der Waals surface area contributed by atoms with E-state index < -0.39 is 0 Å². The highest BCUT2D eigenvalue weighted by Crippen LogP contribution is 2.23. The van der Waals surface area contributed by atoms with Crippen molar-refractivity contribution in [2.45, 2.75) is 38.3 Å². The van der Waals surface area contributed by atoms with Gasteiger partial charge in [0.25, 0.3) is 0 Å². The number of anilines is 2. The number of fused-ring (bicyclic) bond motifs is 8. The Kier molecular flexibility index (Phi) is 5.58. The molecule has 0 unspecified atom stereocenters. The molecule has 158 valence electrons. The molecule has 2 aromatic carbocycles. The van der Waals surface area contributed by atoms with Crippen LogP contribution < -0.4 is 10.6 Å². The average molecular weight is 415 g/mol. The fourth-order valence-electron chi connectivity index (χ4n) is 4.41. The molecule has 3 heterocycles. The van der Waals surface area contributed by atoms with Crippen LogP contribution in [0.2, 0.25) is 0 Å². The normalized spacial score (nSPS) is 19.5. The van der Waals surface area contributed by atoms with E-state index in [4.69, 9.17) is 0 Å². The Hall–Kier alpha value is -3.32. The van der Waals surface area contributed by atoms with Crippen LogP contribution in [-0.2, 0) is 17.8 Å². The molecule has 0 spiro atoms. The lowest BCUT2D eigenvalue weighted by Crippen LogP contribution is -2.43. The molecule has 2 N–H and O–H groups in total. The van der Waals surface area contributed by atoms with Gasteiger partial charge >= 0.3 is 0 Å². The van der Waals surface area contributed by atoms with E-state index in [0.717, 1.165) is 55.6 Å². The fourth-order valence-corrected chi connectivity index (χ4v) is 4.41. The number of carbonyl (C=O) groups is 1. The van der Waals surface area contributed by atoms with Gasteiger partial charge in [-0.1, -0.05) is 30.3 Å². The Balaban J connectivity index is 1.48. The molecule has 7 heteroatoms. The first-order chi connectivity index (χ1) is 15.2.